The number of allylic oxidation sites excluding steroid dienone is 1. The number of carboxylic acids is 1. The number of fused-ring (bicyclic) bond motifs is 3. The Balaban J connectivity index is 1.36. The number of hydrazine groups is 1. The fourth-order valence-corrected chi connectivity index (χ4v) is 12.6. The van der Waals surface area contributed by atoms with Crippen molar-refractivity contribution in [3.63, 3.8) is 0 Å². The summed E-state index contributed by atoms with van der Waals surface area (Å²) in [5.41, 5.74) is 3.78. The van der Waals surface area contributed by atoms with Crippen LogP contribution in [0.15, 0.2) is 11.6 Å². The topological polar surface area (TPSA) is 115 Å². The van der Waals surface area contributed by atoms with E-state index in [0.29, 0.717) is 36.9 Å². The number of ether oxygens (including phenoxy) is 3. The molecule has 0 amide bonds. The molecule has 5 fully saturated rings. The van der Waals surface area contributed by atoms with Crippen molar-refractivity contribution in [2.45, 2.75) is 118 Å². The summed E-state index contributed by atoms with van der Waals surface area (Å²) in [6, 6.07) is 0.0120. The molecular formula is C37H63N3O5. The quantitative estimate of drug-likeness (QED) is 0.157. The highest BCUT2D eigenvalue weighted by atomic mass is 16.5. The molecule has 3 saturated carbocycles. The van der Waals surface area contributed by atoms with Crippen LogP contribution < -0.4 is 16.6 Å². The maximum atomic E-state index is 13.4. The highest BCUT2D eigenvalue weighted by Gasteiger charge is 2.71. The summed E-state index contributed by atoms with van der Waals surface area (Å²) in [5, 5.41) is 14.5. The minimum absolute atomic E-state index is 0.0120. The average Bonchev–Trinajstić information content (AvgIpc) is 3.00. The van der Waals surface area contributed by atoms with E-state index >= 15 is 0 Å². The second kappa shape index (κ2) is 11.5. The Labute approximate surface area is 272 Å². The van der Waals surface area contributed by atoms with Gasteiger partial charge in [-0.25, -0.2) is 0 Å². The molecule has 256 valence electrons. The van der Waals surface area contributed by atoms with E-state index in [-0.39, 0.29) is 50.7 Å². The van der Waals surface area contributed by atoms with Gasteiger partial charge in [-0.05, 0) is 98.3 Å². The molecule has 0 aromatic carbocycles. The normalized spacial score (nSPS) is 48.0. The molecule has 2 saturated heterocycles. The fourth-order valence-electron chi connectivity index (χ4n) is 12.6. The fraction of sp³-hybridized carbons (Fsp3) is 0.919. The molecule has 0 spiro atoms. The monoisotopic (exact) mass is 629 g/mol. The first-order valence-electron chi connectivity index (χ1n) is 18.0. The zero-order valence-corrected chi connectivity index (χ0v) is 29.5. The zero-order chi connectivity index (χ0) is 32.6. The molecule has 8 nitrogen and oxygen atoms in total. The van der Waals surface area contributed by atoms with E-state index in [2.05, 4.69) is 65.3 Å². The molecule has 0 aromatic rings. The van der Waals surface area contributed by atoms with Gasteiger partial charge in [0.2, 0.25) is 0 Å². The van der Waals surface area contributed by atoms with Gasteiger partial charge in [-0.2, -0.15) is 0 Å². The Morgan fingerprint density at radius 1 is 1.04 bits per heavy atom. The van der Waals surface area contributed by atoms with Gasteiger partial charge in [0.1, 0.15) is 0 Å². The summed E-state index contributed by atoms with van der Waals surface area (Å²) in [6.45, 7) is 19.8. The Bertz CT molecular complexity index is 1170. The van der Waals surface area contributed by atoms with Crippen molar-refractivity contribution < 1.29 is 24.1 Å². The summed E-state index contributed by atoms with van der Waals surface area (Å²) in [4.78, 5) is 13.4. The van der Waals surface area contributed by atoms with Crippen LogP contribution in [0.4, 0.5) is 0 Å². The predicted octanol–water partition coefficient (Wildman–Crippen LogP) is 5.56. The number of hydrogen-bond donors (Lipinski definition) is 4. The van der Waals surface area contributed by atoms with Crippen molar-refractivity contribution >= 4 is 5.97 Å². The van der Waals surface area contributed by atoms with Gasteiger partial charge in [0.25, 0.3) is 0 Å². The molecular weight excluding hydrogens is 566 g/mol. The molecule has 6 rings (SSSR count). The number of carboxylic acid groups (broad SMARTS) is 1. The Morgan fingerprint density at radius 3 is 2.38 bits per heavy atom. The molecule has 0 unspecified atom stereocenters. The maximum Gasteiger partial charge on any atom is 0.307 e. The van der Waals surface area contributed by atoms with Crippen LogP contribution in [0.2, 0.25) is 0 Å². The van der Waals surface area contributed by atoms with Crippen molar-refractivity contribution in [1.29, 1.82) is 0 Å². The Kier molecular flexibility index (Phi) is 8.69. The van der Waals surface area contributed by atoms with Crippen LogP contribution in [0.5, 0.6) is 0 Å². The lowest BCUT2D eigenvalue weighted by atomic mass is 9.34. The molecule has 2 bridgehead atoms. The molecule has 2 aliphatic heterocycles. The first kappa shape index (κ1) is 33.9. The lowest BCUT2D eigenvalue weighted by Gasteiger charge is -2.71. The number of nitrogens with two attached hydrogens (primary N) is 1. The number of likely N-dealkylation sites (N-methyl/N-ethyl adjacent to an activating group) is 1. The molecule has 11 atom stereocenters. The smallest absolute Gasteiger partial charge is 0.307 e. The van der Waals surface area contributed by atoms with E-state index in [0.717, 1.165) is 71.2 Å². The van der Waals surface area contributed by atoms with E-state index in [1.807, 2.05) is 7.05 Å². The number of hydrogen-bond acceptors (Lipinski definition) is 7. The second-order valence-corrected chi connectivity index (χ2v) is 17.7. The lowest BCUT2D eigenvalue weighted by molar-refractivity contribution is -0.247. The minimum atomic E-state index is -0.607. The van der Waals surface area contributed by atoms with Gasteiger partial charge in [-0.1, -0.05) is 60.1 Å². The highest BCUT2D eigenvalue weighted by Crippen LogP contribution is 2.74. The van der Waals surface area contributed by atoms with Gasteiger partial charge < -0.3 is 24.6 Å². The number of aliphatic carboxylic acids is 1. The predicted molar refractivity (Wildman–Crippen MR) is 176 cm³/mol. The van der Waals surface area contributed by atoms with Crippen molar-refractivity contribution in [1.82, 2.24) is 10.7 Å². The van der Waals surface area contributed by atoms with Gasteiger partial charge >= 0.3 is 5.97 Å². The lowest BCUT2D eigenvalue weighted by Crippen LogP contribution is -2.72. The minimum Gasteiger partial charge on any atom is -0.481 e. The highest BCUT2D eigenvalue weighted by molar-refractivity contribution is 5.73. The van der Waals surface area contributed by atoms with Crippen LogP contribution in [0.25, 0.3) is 0 Å². The second-order valence-electron chi connectivity index (χ2n) is 17.7. The maximum absolute atomic E-state index is 13.4. The summed E-state index contributed by atoms with van der Waals surface area (Å²) in [6.07, 6.45) is 10.3. The molecule has 0 aromatic heterocycles. The van der Waals surface area contributed by atoms with Crippen molar-refractivity contribution in [3.8, 4) is 0 Å². The van der Waals surface area contributed by atoms with Crippen molar-refractivity contribution in [3.05, 3.63) is 11.6 Å². The van der Waals surface area contributed by atoms with Gasteiger partial charge in [0.15, 0.2) is 0 Å². The molecule has 4 aliphatic carbocycles. The third kappa shape index (κ3) is 4.69. The summed E-state index contributed by atoms with van der Waals surface area (Å²) >= 11 is 0. The SMILES string of the molecule is CNC1(CO[C@H]2[C@H](NN)C[C@@]34COC[C@@]2(C)[C@@H]3CC[C@H]2C4=CC[C@@]3(C)[C@H](C(=O)O)[C@@](C)([C@H](C)C(C)C)CC[C@]23C)CCOCC1. The van der Waals surface area contributed by atoms with Crippen LogP contribution >= 0.6 is 0 Å². The van der Waals surface area contributed by atoms with E-state index in [1.54, 1.807) is 5.57 Å². The largest absolute Gasteiger partial charge is 0.481 e. The first-order chi connectivity index (χ1) is 21.2. The summed E-state index contributed by atoms with van der Waals surface area (Å²) < 4.78 is 19.3. The summed E-state index contributed by atoms with van der Waals surface area (Å²) in [7, 11) is 2.04. The van der Waals surface area contributed by atoms with E-state index in [1.165, 1.54) is 0 Å². The number of nitrogens with one attached hydrogen (secondary N) is 2. The standard InChI is InChI=1S/C37H63N3O5/c1-23(2)24(3)32(4)13-14-34(6)25-9-10-28-33(5)20-44-22-37(28,26(25)11-12-35(34,7)29(32)31(41)42)19-27(40-38)30(33)45-21-36(39-8)15-17-43-18-16-36/h11,23-25,27-30,39-40H,9-10,12-22,38H2,1-8H3,(H,41,42)/t24-,25+,27-,28+,29-,30+,32-,33+,34-,35+,37+/m1/s1. The Hall–Kier alpha value is -1.03. The van der Waals surface area contributed by atoms with Crippen LogP contribution in [-0.2, 0) is 19.0 Å². The van der Waals surface area contributed by atoms with Crippen molar-refractivity contribution in [2.75, 3.05) is 40.1 Å². The zero-order valence-electron chi connectivity index (χ0n) is 29.5. The number of carbonyl (C=O) groups is 1. The molecule has 45 heavy (non-hydrogen) atoms. The van der Waals surface area contributed by atoms with Crippen LogP contribution in [-0.4, -0.2) is 68.8 Å². The first-order valence-corrected chi connectivity index (χ1v) is 18.0. The van der Waals surface area contributed by atoms with E-state index in [4.69, 9.17) is 20.1 Å². The van der Waals surface area contributed by atoms with Gasteiger partial charge in [0, 0.05) is 35.6 Å². The van der Waals surface area contributed by atoms with Gasteiger partial charge in [-0.15, -0.1) is 0 Å². The number of rotatable bonds is 8. The average molecular weight is 630 g/mol. The third-order valence-corrected chi connectivity index (χ3v) is 15.8. The van der Waals surface area contributed by atoms with Crippen molar-refractivity contribution in [2.24, 2.45) is 62.5 Å². The van der Waals surface area contributed by atoms with Crippen LogP contribution in [0.3, 0.4) is 0 Å². The Morgan fingerprint density at radius 2 is 1.76 bits per heavy atom. The molecule has 5 N–H and O–H groups in total. The van der Waals surface area contributed by atoms with E-state index < -0.39 is 5.97 Å². The van der Waals surface area contributed by atoms with Crippen LogP contribution in [0.1, 0.15) is 99.8 Å². The molecule has 8 heteroatoms. The van der Waals surface area contributed by atoms with Gasteiger partial charge in [0.05, 0.1) is 31.8 Å². The molecule has 6 aliphatic rings. The van der Waals surface area contributed by atoms with Crippen LogP contribution in [0, 0.1) is 56.7 Å². The van der Waals surface area contributed by atoms with E-state index in [9.17, 15) is 9.90 Å². The molecule has 2 heterocycles. The molecule has 0 radical (unpaired) electrons. The summed E-state index contributed by atoms with van der Waals surface area (Å²) in [5.74, 6) is 6.99. The van der Waals surface area contributed by atoms with Gasteiger partial charge in [-0.3, -0.25) is 16.1 Å². The third-order valence-electron chi connectivity index (χ3n) is 15.8.